The van der Waals surface area contributed by atoms with Crippen molar-refractivity contribution in [2.24, 2.45) is 5.92 Å². The summed E-state index contributed by atoms with van der Waals surface area (Å²) in [4.78, 5) is 2.18. The molecule has 0 saturated carbocycles. The summed E-state index contributed by atoms with van der Waals surface area (Å²) in [5.41, 5.74) is 1.17. The van der Waals surface area contributed by atoms with Crippen LogP contribution in [0.2, 0.25) is 0 Å². The molecule has 0 radical (unpaired) electrons. The van der Waals surface area contributed by atoms with Crippen molar-refractivity contribution >= 4 is 21.6 Å². The summed E-state index contributed by atoms with van der Waals surface area (Å²) in [6.07, 6.45) is 1.01. The van der Waals surface area contributed by atoms with Crippen molar-refractivity contribution in [3.8, 4) is 0 Å². The van der Waals surface area contributed by atoms with E-state index < -0.39 is 0 Å². The van der Waals surface area contributed by atoms with Gasteiger partial charge in [-0.2, -0.15) is 0 Å². The number of rotatable bonds is 5. The van der Waals surface area contributed by atoms with Gasteiger partial charge in [0.15, 0.2) is 0 Å². The average Bonchev–Trinajstić information content (AvgIpc) is 2.26. The maximum absolute atomic E-state index is 9.15. The van der Waals surface area contributed by atoms with E-state index in [0.717, 1.165) is 17.4 Å². The fourth-order valence-electron chi connectivity index (χ4n) is 1.56. The molecule has 2 nitrogen and oxygen atoms in total. The first-order valence-corrected chi connectivity index (χ1v) is 6.04. The first-order valence-electron chi connectivity index (χ1n) is 5.25. The van der Waals surface area contributed by atoms with Gasteiger partial charge in [-0.1, -0.05) is 19.1 Å². The largest absolute Gasteiger partial charge is 0.396 e. The molecule has 1 aromatic rings. The van der Waals surface area contributed by atoms with Crippen LogP contribution in [0.5, 0.6) is 0 Å². The standard InChI is InChI=1S/C12H18BrNO/c1-3-10(9-15)8-14(2)12-7-5-4-6-11(12)13/h4-7,10,15H,3,8-9H2,1-2H3. The van der Waals surface area contributed by atoms with E-state index in [1.54, 1.807) is 0 Å². The summed E-state index contributed by atoms with van der Waals surface area (Å²) in [5.74, 6) is 0.349. The molecule has 1 rings (SSSR count). The van der Waals surface area contributed by atoms with E-state index in [-0.39, 0.29) is 6.61 Å². The van der Waals surface area contributed by atoms with Gasteiger partial charge in [-0.15, -0.1) is 0 Å². The minimum atomic E-state index is 0.255. The van der Waals surface area contributed by atoms with Crippen LogP contribution < -0.4 is 4.90 Å². The van der Waals surface area contributed by atoms with E-state index in [4.69, 9.17) is 5.11 Å². The van der Waals surface area contributed by atoms with Crippen molar-refractivity contribution < 1.29 is 5.11 Å². The third-order valence-corrected chi connectivity index (χ3v) is 3.30. The lowest BCUT2D eigenvalue weighted by Gasteiger charge is -2.24. The number of halogens is 1. The van der Waals surface area contributed by atoms with Crippen LogP contribution >= 0.6 is 15.9 Å². The third kappa shape index (κ3) is 3.50. The van der Waals surface area contributed by atoms with Crippen LogP contribution in [0.4, 0.5) is 5.69 Å². The number of anilines is 1. The molecule has 0 bridgehead atoms. The number of hydrogen-bond donors (Lipinski definition) is 1. The first-order chi connectivity index (χ1) is 7.19. The molecule has 1 aromatic carbocycles. The summed E-state index contributed by atoms with van der Waals surface area (Å²) in [5, 5.41) is 9.15. The van der Waals surface area contributed by atoms with E-state index in [1.807, 2.05) is 18.2 Å². The molecule has 1 N–H and O–H groups in total. The number of hydrogen-bond acceptors (Lipinski definition) is 2. The molecular weight excluding hydrogens is 254 g/mol. The lowest BCUT2D eigenvalue weighted by atomic mass is 10.1. The fraction of sp³-hybridized carbons (Fsp3) is 0.500. The van der Waals surface area contributed by atoms with Crippen LogP contribution in [-0.2, 0) is 0 Å². The number of aliphatic hydroxyl groups is 1. The number of para-hydroxylation sites is 1. The molecule has 3 heteroatoms. The lowest BCUT2D eigenvalue weighted by molar-refractivity contribution is 0.225. The van der Waals surface area contributed by atoms with Gasteiger partial charge in [-0.3, -0.25) is 0 Å². The van der Waals surface area contributed by atoms with Crippen molar-refractivity contribution in [2.45, 2.75) is 13.3 Å². The highest BCUT2D eigenvalue weighted by Crippen LogP contribution is 2.25. The molecular formula is C12H18BrNO. The summed E-state index contributed by atoms with van der Waals surface area (Å²) < 4.78 is 1.10. The molecule has 0 fully saturated rings. The average molecular weight is 272 g/mol. The second-order valence-electron chi connectivity index (χ2n) is 3.79. The maximum Gasteiger partial charge on any atom is 0.0508 e. The molecule has 1 unspecified atom stereocenters. The molecule has 84 valence electrons. The van der Waals surface area contributed by atoms with Crippen molar-refractivity contribution in [1.29, 1.82) is 0 Å². The van der Waals surface area contributed by atoms with Gasteiger partial charge in [0.2, 0.25) is 0 Å². The van der Waals surface area contributed by atoms with Crippen LogP contribution in [-0.4, -0.2) is 25.3 Å². The van der Waals surface area contributed by atoms with Crippen molar-refractivity contribution in [2.75, 3.05) is 25.1 Å². The zero-order valence-corrected chi connectivity index (χ0v) is 10.9. The van der Waals surface area contributed by atoms with E-state index in [0.29, 0.717) is 5.92 Å². The molecule has 0 aromatic heterocycles. The number of nitrogens with zero attached hydrogens (tertiary/aromatic N) is 1. The topological polar surface area (TPSA) is 23.5 Å². The summed E-state index contributed by atoms with van der Waals surface area (Å²) >= 11 is 3.53. The Labute approximate surface area is 100 Å². The van der Waals surface area contributed by atoms with Crippen LogP contribution in [0.1, 0.15) is 13.3 Å². The molecule has 0 aliphatic heterocycles. The summed E-state index contributed by atoms with van der Waals surface area (Å²) in [6.45, 7) is 3.25. The highest BCUT2D eigenvalue weighted by Gasteiger charge is 2.10. The molecule has 1 atom stereocenters. The monoisotopic (exact) mass is 271 g/mol. The first kappa shape index (κ1) is 12.5. The van der Waals surface area contributed by atoms with E-state index >= 15 is 0 Å². The van der Waals surface area contributed by atoms with Gasteiger partial charge in [0.05, 0.1) is 5.69 Å². The Morgan fingerprint density at radius 2 is 2.07 bits per heavy atom. The molecule has 0 aliphatic rings. The molecule has 0 amide bonds. The highest BCUT2D eigenvalue weighted by molar-refractivity contribution is 9.10. The van der Waals surface area contributed by atoms with Crippen LogP contribution in [0.25, 0.3) is 0 Å². The lowest BCUT2D eigenvalue weighted by Crippen LogP contribution is -2.27. The Morgan fingerprint density at radius 1 is 1.40 bits per heavy atom. The molecule has 0 aliphatic carbocycles. The van der Waals surface area contributed by atoms with Gasteiger partial charge >= 0.3 is 0 Å². The van der Waals surface area contributed by atoms with Crippen LogP contribution in [0.3, 0.4) is 0 Å². The second kappa shape index (κ2) is 6.13. The van der Waals surface area contributed by atoms with E-state index in [1.165, 1.54) is 5.69 Å². The van der Waals surface area contributed by atoms with Crippen LogP contribution in [0.15, 0.2) is 28.7 Å². The third-order valence-electron chi connectivity index (χ3n) is 2.63. The molecule has 15 heavy (non-hydrogen) atoms. The van der Waals surface area contributed by atoms with E-state index in [9.17, 15) is 0 Å². The van der Waals surface area contributed by atoms with Gasteiger partial charge < -0.3 is 10.0 Å². The Hall–Kier alpha value is -0.540. The number of aliphatic hydroxyl groups excluding tert-OH is 1. The SMILES string of the molecule is CCC(CO)CN(C)c1ccccc1Br. The van der Waals surface area contributed by atoms with Crippen molar-refractivity contribution in [3.63, 3.8) is 0 Å². The molecule has 0 saturated heterocycles. The smallest absolute Gasteiger partial charge is 0.0508 e. The summed E-state index contributed by atoms with van der Waals surface area (Å²) in [6, 6.07) is 8.14. The minimum Gasteiger partial charge on any atom is -0.396 e. The van der Waals surface area contributed by atoms with Crippen molar-refractivity contribution in [3.05, 3.63) is 28.7 Å². The van der Waals surface area contributed by atoms with Gasteiger partial charge in [0, 0.05) is 24.7 Å². The maximum atomic E-state index is 9.15. The quantitative estimate of drug-likeness (QED) is 0.890. The molecule has 0 heterocycles. The van der Waals surface area contributed by atoms with E-state index in [2.05, 4.69) is 40.9 Å². The Balaban J connectivity index is 2.68. The number of benzene rings is 1. The fourth-order valence-corrected chi connectivity index (χ4v) is 2.15. The predicted molar refractivity (Wildman–Crippen MR) is 68.3 cm³/mol. The van der Waals surface area contributed by atoms with Gasteiger partial charge in [-0.25, -0.2) is 0 Å². The molecule has 0 spiro atoms. The van der Waals surface area contributed by atoms with Gasteiger partial charge in [0.25, 0.3) is 0 Å². The normalized spacial score (nSPS) is 12.5. The highest BCUT2D eigenvalue weighted by atomic mass is 79.9. The second-order valence-corrected chi connectivity index (χ2v) is 4.64. The van der Waals surface area contributed by atoms with Gasteiger partial charge in [-0.05, 0) is 40.4 Å². The zero-order valence-electron chi connectivity index (χ0n) is 9.28. The van der Waals surface area contributed by atoms with Gasteiger partial charge in [0.1, 0.15) is 0 Å². The Morgan fingerprint density at radius 3 is 2.60 bits per heavy atom. The van der Waals surface area contributed by atoms with Crippen LogP contribution in [0, 0.1) is 5.92 Å². The Bertz CT molecular complexity index is 299. The Kier molecular flexibility index (Phi) is 5.12. The predicted octanol–water partition coefficient (Wildman–Crippen LogP) is 2.90. The zero-order chi connectivity index (χ0) is 11.3. The summed E-state index contributed by atoms with van der Waals surface area (Å²) in [7, 11) is 2.05. The minimum absolute atomic E-state index is 0.255. The van der Waals surface area contributed by atoms with Crippen molar-refractivity contribution in [1.82, 2.24) is 0 Å².